The van der Waals surface area contributed by atoms with Crippen LogP contribution in [0.2, 0.25) is 0 Å². The summed E-state index contributed by atoms with van der Waals surface area (Å²) in [5, 5.41) is 4.91. The monoisotopic (exact) mass is 247 g/mol. The summed E-state index contributed by atoms with van der Waals surface area (Å²) in [4.78, 5) is 12.2. The Morgan fingerprint density at radius 1 is 1.75 bits per heavy atom. The normalized spacial score (nSPS) is 10.2. The number of thiophene rings is 1. The van der Waals surface area contributed by atoms with Gasteiger partial charge in [-0.25, -0.2) is 0 Å². The van der Waals surface area contributed by atoms with Crippen LogP contribution in [0.1, 0.15) is 16.6 Å². The number of rotatable bonds is 4. The summed E-state index contributed by atoms with van der Waals surface area (Å²) >= 11 is 4.79. The molecule has 0 bridgehead atoms. The number of hydrogen-bond acceptors (Lipinski definition) is 3. The number of carbonyl (C=O) groups is 1. The molecule has 0 saturated heterocycles. The minimum absolute atomic E-state index is 0.152. The fraction of sp³-hybridized carbons (Fsp3) is 0.375. The van der Waals surface area contributed by atoms with Gasteiger partial charge in [-0.3, -0.25) is 4.79 Å². The number of likely N-dealkylation sites (N-methyl/N-ethyl adjacent to an activating group) is 1. The van der Waals surface area contributed by atoms with Crippen molar-refractivity contribution in [1.82, 2.24) is 5.32 Å². The van der Waals surface area contributed by atoms with Crippen LogP contribution < -0.4 is 5.32 Å². The van der Waals surface area contributed by atoms with Crippen LogP contribution in [0.25, 0.3) is 0 Å². The topological polar surface area (TPSA) is 29.1 Å². The molecule has 1 rings (SSSR count). The standard InChI is InChI=1S/C8H10BrNOS/c1-2-10-5-7(11)8-6(9)3-4-12-8/h3-4,10H,2,5H2,1H3. The van der Waals surface area contributed by atoms with Gasteiger partial charge in [0, 0.05) is 4.47 Å². The molecule has 0 unspecified atom stereocenters. The molecule has 2 nitrogen and oxygen atoms in total. The van der Waals surface area contributed by atoms with E-state index in [2.05, 4.69) is 21.2 Å². The Labute approximate surface area is 84.1 Å². The van der Waals surface area contributed by atoms with Gasteiger partial charge in [-0.05, 0) is 33.9 Å². The fourth-order valence-electron chi connectivity index (χ4n) is 0.812. The molecule has 66 valence electrons. The summed E-state index contributed by atoms with van der Waals surface area (Å²) in [5.74, 6) is 0.152. The van der Waals surface area contributed by atoms with Crippen LogP contribution >= 0.6 is 27.3 Å². The third-order valence-corrected chi connectivity index (χ3v) is 3.28. The van der Waals surface area contributed by atoms with E-state index in [1.807, 2.05) is 18.4 Å². The summed E-state index contributed by atoms with van der Waals surface area (Å²) < 4.78 is 0.899. The first kappa shape index (κ1) is 9.89. The third-order valence-electron chi connectivity index (χ3n) is 1.41. The van der Waals surface area contributed by atoms with Gasteiger partial charge < -0.3 is 5.32 Å². The Morgan fingerprint density at radius 3 is 3.00 bits per heavy atom. The van der Waals surface area contributed by atoms with Crippen molar-refractivity contribution >= 4 is 33.0 Å². The molecule has 0 spiro atoms. The lowest BCUT2D eigenvalue weighted by atomic mass is 10.3. The Hall–Kier alpha value is -0.190. The smallest absolute Gasteiger partial charge is 0.187 e. The van der Waals surface area contributed by atoms with Gasteiger partial charge in [-0.2, -0.15) is 0 Å². The highest BCUT2D eigenvalue weighted by atomic mass is 79.9. The van der Waals surface area contributed by atoms with Gasteiger partial charge in [-0.15, -0.1) is 11.3 Å². The summed E-state index contributed by atoms with van der Waals surface area (Å²) in [5.41, 5.74) is 0. The molecule has 0 fully saturated rings. The van der Waals surface area contributed by atoms with E-state index in [4.69, 9.17) is 0 Å². The summed E-state index contributed by atoms with van der Waals surface area (Å²) in [6.07, 6.45) is 0. The number of Topliss-reactive ketones (excluding diaryl/α,β-unsaturated/α-hetero) is 1. The van der Waals surface area contributed by atoms with Crippen molar-refractivity contribution in [3.8, 4) is 0 Å². The largest absolute Gasteiger partial charge is 0.310 e. The molecular formula is C8H10BrNOS. The van der Waals surface area contributed by atoms with Gasteiger partial charge in [0.2, 0.25) is 0 Å². The van der Waals surface area contributed by atoms with Crippen LogP contribution in [0.3, 0.4) is 0 Å². The highest BCUT2D eigenvalue weighted by Gasteiger charge is 2.09. The Balaban J connectivity index is 2.59. The number of hydrogen-bond donors (Lipinski definition) is 1. The van der Waals surface area contributed by atoms with Crippen LogP contribution in [0.15, 0.2) is 15.9 Å². The van der Waals surface area contributed by atoms with E-state index in [0.29, 0.717) is 6.54 Å². The highest BCUT2D eigenvalue weighted by Crippen LogP contribution is 2.22. The maximum Gasteiger partial charge on any atom is 0.187 e. The minimum atomic E-state index is 0.152. The number of carbonyl (C=O) groups excluding carboxylic acids is 1. The van der Waals surface area contributed by atoms with E-state index < -0.39 is 0 Å². The van der Waals surface area contributed by atoms with Crippen molar-refractivity contribution in [2.75, 3.05) is 13.1 Å². The van der Waals surface area contributed by atoms with E-state index in [9.17, 15) is 4.79 Å². The fourth-order valence-corrected chi connectivity index (χ4v) is 2.34. The first-order valence-electron chi connectivity index (χ1n) is 3.72. The van der Waals surface area contributed by atoms with Crippen molar-refractivity contribution in [3.05, 3.63) is 20.8 Å². The van der Waals surface area contributed by atoms with Crippen LogP contribution in [0, 0.1) is 0 Å². The van der Waals surface area contributed by atoms with Gasteiger partial charge >= 0.3 is 0 Å². The summed E-state index contributed by atoms with van der Waals surface area (Å²) in [7, 11) is 0. The number of ketones is 1. The summed E-state index contributed by atoms with van der Waals surface area (Å²) in [6, 6.07) is 1.89. The zero-order chi connectivity index (χ0) is 8.97. The molecule has 0 aliphatic heterocycles. The number of nitrogens with one attached hydrogen (secondary N) is 1. The second-order valence-electron chi connectivity index (χ2n) is 2.30. The van der Waals surface area contributed by atoms with Gasteiger partial charge in [0.05, 0.1) is 11.4 Å². The van der Waals surface area contributed by atoms with Gasteiger partial charge in [-0.1, -0.05) is 6.92 Å². The van der Waals surface area contributed by atoms with Gasteiger partial charge in [0.25, 0.3) is 0 Å². The molecule has 12 heavy (non-hydrogen) atoms. The van der Waals surface area contributed by atoms with E-state index in [1.165, 1.54) is 11.3 Å². The Bertz CT molecular complexity index is 272. The molecule has 0 aliphatic rings. The predicted molar refractivity (Wildman–Crippen MR) is 54.9 cm³/mol. The van der Waals surface area contributed by atoms with E-state index in [0.717, 1.165) is 15.9 Å². The van der Waals surface area contributed by atoms with Gasteiger partial charge in [0.15, 0.2) is 5.78 Å². The summed E-state index contributed by atoms with van der Waals surface area (Å²) in [6.45, 7) is 3.24. The van der Waals surface area contributed by atoms with Crippen molar-refractivity contribution in [2.45, 2.75) is 6.92 Å². The van der Waals surface area contributed by atoms with E-state index in [-0.39, 0.29) is 5.78 Å². The van der Waals surface area contributed by atoms with Crippen molar-refractivity contribution in [1.29, 1.82) is 0 Å². The van der Waals surface area contributed by atoms with Crippen LogP contribution in [-0.2, 0) is 0 Å². The van der Waals surface area contributed by atoms with E-state index in [1.54, 1.807) is 0 Å². The zero-order valence-electron chi connectivity index (χ0n) is 6.76. The predicted octanol–water partition coefficient (Wildman–Crippen LogP) is 2.30. The molecule has 1 heterocycles. The average molecular weight is 248 g/mol. The molecule has 0 saturated carbocycles. The minimum Gasteiger partial charge on any atom is -0.310 e. The highest BCUT2D eigenvalue weighted by molar-refractivity contribution is 9.10. The molecule has 1 aromatic heterocycles. The quantitative estimate of drug-likeness (QED) is 0.828. The molecular weight excluding hydrogens is 238 g/mol. The lowest BCUT2D eigenvalue weighted by Gasteiger charge is -1.98. The molecule has 0 aromatic carbocycles. The molecule has 0 radical (unpaired) electrons. The third kappa shape index (κ3) is 2.40. The van der Waals surface area contributed by atoms with Crippen molar-refractivity contribution < 1.29 is 4.79 Å². The maximum atomic E-state index is 11.4. The second kappa shape index (κ2) is 4.74. The molecule has 1 N–H and O–H groups in total. The van der Waals surface area contributed by atoms with Crippen LogP contribution in [-0.4, -0.2) is 18.9 Å². The Kier molecular flexibility index (Phi) is 3.91. The lowest BCUT2D eigenvalue weighted by Crippen LogP contribution is -2.21. The molecule has 0 amide bonds. The molecule has 1 aromatic rings. The van der Waals surface area contributed by atoms with Crippen molar-refractivity contribution in [3.63, 3.8) is 0 Å². The van der Waals surface area contributed by atoms with Crippen molar-refractivity contribution in [2.24, 2.45) is 0 Å². The lowest BCUT2D eigenvalue weighted by molar-refractivity contribution is 0.0995. The first-order valence-corrected chi connectivity index (χ1v) is 5.40. The average Bonchev–Trinajstić information content (AvgIpc) is 2.47. The number of halogens is 1. The molecule has 0 aliphatic carbocycles. The molecule has 0 atom stereocenters. The van der Waals surface area contributed by atoms with Crippen LogP contribution in [0.4, 0.5) is 0 Å². The molecule has 4 heteroatoms. The maximum absolute atomic E-state index is 11.4. The van der Waals surface area contributed by atoms with Crippen LogP contribution in [0.5, 0.6) is 0 Å². The van der Waals surface area contributed by atoms with Gasteiger partial charge in [0.1, 0.15) is 0 Å². The van der Waals surface area contributed by atoms with E-state index >= 15 is 0 Å². The Morgan fingerprint density at radius 2 is 2.50 bits per heavy atom. The first-order chi connectivity index (χ1) is 5.75. The SMILES string of the molecule is CCNCC(=O)c1sccc1Br. The second-order valence-corrected chi connectivity index (χ2v) is 4.07. The zero-order valence-corrected chi connectivity index (χ0v) is 9.17.